The zero-order chi connectivity index (χ0) is 37.4. The van der Waals surface area contributed by atoms with Crippen LogP contribution in [0.25, 0.3) is 0 Å². The predicted octanol–water partition coefficient (Wildman–Crippen LogP) is -6.73. The number of nitrogens with one attached hydrogen (secondary N) is 2. The van der Waals surface area contributed by atoms with E-state index in [0.717, 1.165) is 6.42 Å². The van der Waals surface area contributed by atoms with Crippen LogP contribution in [0.3, 0.4) is 0 Å². The maximum atomic E-state index is 12.9. The summed E-state index contributed by atoms with van der Waals surface area (Å²) in [5.41, 5.74) is 24.6. The molecule has 20 heteroatoms. The molecule has 18 atom stereocenters. The summed E-state index contributed by atoms with van der Waals surface area (Å²) in [6, 6.07) is -3.97. The van der Waals surface area contributed by atoms with Crippen molar-refractivity contribution in [3.05, 3.63) is 12.2 Å². The van der Waals surface area contributed by atoms with Gasteiger partial charge >= 0.3 is 0 Å². The van der Waals surface area contributed by atoms with Gasteiger partial charge in [0.1, 0.15) is 61.0 Å². The Hall–Kier alpha value is -1.51. The molecule has 4 rings (SSSR count). The maximum absolute atomic E-state index is 12.9. The lowest BCUT2D eigenvalue weighted by atomic mass is 9.83. The summed E-state index contributed by atoms with van der Waals surface area (Å²) in [6.45, 7) is 1.66. The molecule has 0 aromatic rings. The van der Waals surface area contributed by atoms with E-state index in [4.69, 9.17) is 56.5 Å². The van der Waals surface area contributed by atoms with Crippen molar-refractivity contribution >= 4 is 5.91 Å². The van der Waals surface area contributed by atoms with Crippen molar-refractivity contribution in [2.24, 2.45) is 22.9 Å². The minimum absolute atomic E-state index is 0.0102. The van der Waals surface area contributed by atoms with Gasteiger partial charge in [-0.15, -0.1) is 0 Å². The van der Waals surface area contributed by atoms with Gasteiger partial charge in [-0.2, -0.15) is 0 Å². The Balaban J connectivity index is 1.54. The summed E-state index contributed by atoms with van der Waals surface area (Å²) in [4.78, 5) is 12.9. The maximum Gasteiger partial charge on any atom is 0.249 e. The van der Waals surface area contributed by atoms with Crippen molar-refractivity contribution in [3.63, 3.8) is 0 Å². The molecule has 3 aliphatic heterocycles. The smallest absolute Gasteiger partial charge is 0.249 e. The summed E-state index contributed by atoms with van der Waals surface area (Å²) in [7, 11) is 0. The van der Waals surface area contributed by atoms with E-state index in [2.05, 4.69) is 10.6 Å². The van der Waals surface area contributed by atoms with E-state index in [1.165, 1.54) is 0 Å². The van der Waals surface area contributed by atoms with E-state index >= 15 is 0 Å². The van der Waals surface area contributed by atoms with Crippen molar-refractivity contribution in [1.29, 1.82) is 0 Å². The number of nitrogens with two attached hydrogens (primary N) is 4. The van der Waals surface area contributed by atoms with Crippen LogP contribution in [0.2, 0.25) is 0 Å². The van der Waals surface area contributed by atoms with Crippen LogP contribution in [0, 0.1) is 0 Å². The van der Waals surface area contributed by atoms with Gasteiger partial charge < -0.3 is 97.7 Å². The number of hydrogen-bond acceptors (Lipinski definition) is 19. The number of hydrogen-bond donors (Lipinski definition) is 13. The molecule has 1 saturated carbocycles. The number of unbranched alkanes of at least 4 members (excludes halogenated alkanes) is 1. The van der Waals surface area contributed by atoms with Crippen molar-refractivity contribution in [2.75, 3.05) is 32.8 Å². The van der Waals surface area contributed by atoms with E-state index < -0.39 is 123 Å². The van der Waals surface area contributed by atoms with Gasteiger partial charge in [0.2, 0.25) is 5.91 Å². The highest BCUT2D eigenvalue weighted by Crippen LogP contribution is 2.34. The normalized spacial score (nSPS) is 43.6. The van der Waals surface area contributed by atoms with Crippen LogP contribution >= 0.6 is 0 Å². The monoisotopic (exact) mass is 738 g/mol. The molecule has 296 valence electrons. The molecule has 3 heterocycles. The largest absolute Gasteiger partial charge is 0.395 e. The molecule has 1 aliphatic carbocycles. The first kappa shape index (κ1) is 42.2. The molecule has 0 bridgehead atoms. The highest BCUT2D eigenvalue weighted by Gasteiger charge is 2.54. The predicted molar refractivity (Wildman–Crippen MR) is 176 cm³/mol. The van der Waals surface area contributed by atoms with Crippen molar-refractivity contribution in [2.45, 2.75) is 143 Å². The molecule has 20 nitrogen and oxygen atoms in total. The minimum Gasteiger partial charge on any atom is -0.395 e. The number of rotatable bonds is 17. The first-order valence-corrected chi connectivity index (χ1v) is 17.6. The fraction of sp³-hybridized carbons (Fsp3) is 0.903. The van der Waals surface area contributed by atoms with Gasteiger partial charge in [0.05, 0.1) is 37.4 Å². The van der Waals surface area contributed by atoms with Crippen LogP contribution in [0.1, 0.15) is 32.6 Å². The fourth-order valence-electron chi connectivity index (χ4n) is 6.60. The zero-order valence-corrected chi connectivity index (χ0v) is 28.7. The van der Waals surface area contributed by atoms with Crippen LogP contribution in [0.5, 0.6) is 0 Å². The third kappa shape index (κ3) is 10.4. The van der Waals surface area contributed by atoms with Crippen LogP contribution in [-0.4, -0.2) is 185 Å². The Morgan fingerprint density at radius 2 is 1.57 bits per heavy atom. The van der Waals surface area contributed by atoms with Gasteiger partial charge in [0.15, 0.2) is 18.9 Å². The molecular formula is C31H58N6O14. The van der Waals surface area contributed by atoms with E-state index in [-0.39, 0.29) is 26.0 Å². The fourth-order valence-corrected chi connectivity index (χ4v) is 6.60. The number of carbonyl (C=O) groups excluding carboxylic acids is 1. The highest BCUT2D eigenvalue weighted by atomic mass is 16.8. The Labute approximate surface area is 296 Å². The topological polar surface area (TPSA) is 342 Å². The Kier molecular flexibility index (Phi) is 16.3. The van der Waals surface area contributed by atoms with Crippen LogP contribution in [-0.2, 0) is 33.2 Å². The second-order valence-electron chi connectivity index (χ2n) is 13.5. The summed E-state index contributed by atoms with van der Waals surface area (Å²) in [5, 5.41) is 79.0. The van der Waals surface area contributed by atoms with Gasteiger partial charge in [-0.1, -0.05) is 31.9 Å². The molecule has 4 aliphatic rings. The van der Waals surface area contributed by atoms with Gasteiger partial charge in [-0.05, 0) is 12.8 Å². The molecule has 0 aromatic heterocycles. The first-order chi connectivity index (χ1) is 24.3. The van der Waals surface area contributed by atoms with Crippen LogP contribution in [0.15, 0.2) is 12.2 Å². The molecule has 0 spiro atoms. The second kappa shape index (κ2) is 19.7. The molecule has 51 heavy (non-hydrogen) atoms. The first-order valence-electron chi connectivity index (χ1n) is 17.6. The molecule has 0 aromatic carbocycles. The Morgan fingerprint density at radius 3 is 2.24 bits per heavy atom. The van der Waals surface area contributed by atoms with Crippen molar-refractivity contribution in [1.82, 2.24) is 10.6 Å². The number of aliphatic hydroxyl groups is 7. The molecule has 17 N–H and O–H groups in total. The van der Waals surface area contributed by atoms with Gasteiger partial charge in [-0.25, -0.2) is 0 Å². The average Bonchev–Trinajstić information content (AvgIpc) is 3.41. The average molecular weight is 739 g/mol. The summed E-state index contributed by atoms with van der Waals surface area (Å²) in [6.07, 6.45) is -13.1. The lowest BCUT2D eigenvalue weighted by Crippen LogP contribution is -2.67. The Morgan fingerprint density at radius 1 is 0.882 bits per heavy atom. The van der Waals surface area contributed by atoms with Crippen LogP contribution in [0.4, 0.5) is 0 Å². The number of amides is 1. The summed E-state index contributed by atoms with van der Waals surface area (Å²) < 4.78 is 35.8. The van der Waals surface area contributed by atoms with E-state index in [1.54, 1.807) is 12.2 Å². The zero-order valence-electron chi connectivity index (χ0n) is 28.7. The molecule has 1 amide bonds. The molecule has 0 radical (unpaired) electrons. The third-order valence-corrected chi connectivity index (χ3v) is 9.61. The van der Waals surface area contributed by atoms with Gasteiger partial charge in [0, 0.05) is 25.7 Å². The SMILES string of the molecule is CCCCC(O)C(=O)NC1CC(N)C(OC2OC(CNCCO)C=CC2N)C(OC2OC(CO)C(OC3OC(CN)C(O)C(O)C3N)C2O)C1O. The second-order valence-corrected chi connectivity index (χ2v) is 13.5. The van der Waals surface area contributed by atoms with E-state index in [1.807, 2.05) is 6.92 Å². The lowest BCUT2D eigenvalue weighted by molar-refractivity contribution is -0.284. The van der Waals surface area contributed by atoms with Crippen molar-refractivity contribution in [3.8, 4) is 0 Å². The summed E-state index contributed by atoms with van der Waals surface area (Å²) in [5.74, 6) is -0.711. The number of aliphatic hydroxyl groups excluding tert-OH is 7. The van der Waals surface area contributed by atoms with Gasteiger partial charge in [0.25, 0.3) is 0 Å². The molecule has 3 fully saturated rings. The third-order valence-electron chi connectivity index (χ3n) is 9.61. The van der Waals surface area contributed by atoms with Gasteiger partial charge in [-0.3, -0.25) is 4.79 Å². The summed E-state index contributed by atoms with van der Waals surface area (Å²) >= 11 is 0. The van der Waals surface area contributed by atoms with E-state index in [0.29, 0.717) is 19.5 Å². The molecular weight excluding hydrogens is 680 g/mol. The van der Waals surface area contributed by atoms with E-state index in [9.17, 15) is 35.4 Å². The highest BCUT2D eigenvalue weighted by molar-refractivity contribution is 5.80. The number of ether oxygens (including phenoxy) is 6. The molecule has 2 saturated heterocycles. The lowest BCUT2D eigenvalue weighted by Gasteiger charge is -2.46. The minimum atomic E-state index is -1.65. The Bertz CT molecular complexity index is 1100. The molecule has 18 unspecified atom stereocenters. The van der Waals surface area contributed by atoms with Crippen LogP contribution < -0.4 is 33.6 Å². The number of carbonyl (C=O) groups is 1. The quantitative estimate of drug-likeness (QED) is 0.0487. The van der Waals surface area contributed by atoms with Crippen molar-refractivity contribution < 1.29 is 69.0 Å². The standard InChI is InChI=1S/C31H58N6O14/c1-2-3-4-17(40)28(45)37-16-9-15(34)25(49-29-14(33)6-5-13(46-29)11-36-7-8-38)27(21(16)41)51-31-24(44)26(19(12-39)48-31)50-30-20(35)23(43)22(42)18(10-32)47-30/h5-6,13-27,29-31,36,38-44H,2-4,7-12,32-35H2,1H3,(H,37,45).